The minimum absolute atomic E-state index is 0.131. The molecule has 0 aliphatic carbocycles. The lowest BCUT2D eigenvalue weighted by atomic mass is 9.95. The van der Waals surface area contributed by atoms with Crippen LogP contribution in [-0.2, 0) is 6.42 Å². The van der Waals surface area contributed by atoms with Gasteiger partial charge in [-0.15, -0.1) is 0 Å². The van der Waals surface area contributed by atoms with Gasteiger partial charge in [-0.2, -0.15) is 0 Å². The molecule has 0 fully saturated rings. The van der Waals surface area contributed by atoms with Gasteiger partial charge >= 0.3 is 0 Å². The molecule has 6 heteroatoms. The van der Waals surface area contributed by atoms with Crippen molar-refractivity contribution in [1.29, 1.82) is 0 Å². The maximum atomic E-state index is 13.5. The largest absolute Gasteiger partial charge is 0.497 e. The fourth-order valence-electron chi connectivity index (χ4n) is 4.03. The predicted molar refractivity (Wildman–Crippen MR) is 109 cm³/mol. The molecule has 0 spiro atoms. The standard InChI is InChI=1S/C23H21N3O3/c1-14-3-8-19-16(11-14)12-20(29-19)23(27)26-10-9-18-21(25-13-24-18)22(26)15-4-6-17(28-2)7-5-15/h3-8,11-13,22H,9-10H2,1-2H3,(H,24,25)/t22-/m1/s1. The van der Waals surface area contributed by atoms with Gasteiger partial charge in [0.15, 0.2) is 5.76 Å². The third-order valence-electron chi connectivity index (χ3n) is 5.50. The number of rotatable bonds is 3. The summed E-state index contributed by atoms with van der Waals surface area (Å²) in [5, 5.41) is 0.937. The molecular weight excluding hydrogens is 366 g/mol. The number of ether oxygens (including phenoxy) is 1. The van der Waals surface area contributed by atoms with Gasteiger partial charge in [-0.25, -0.2) is 4.98 Å². The number of fused-ring (bicyclic) bond motifs is 2. The third kappa shape index (κ3) is 2.97. The molecule has 5 rings (SSSR count). The molecule has 1 atom stereocenters. The van der Waals surface area contributed by atoms with E-state index < -0.39 is 0 Å². The lowest BCUT2D eigenvalue weighted by Crippen LogP contribution is -2.40. The molecular formula is C23H21N3O3. The van der Waals surface area contributed by atoms with Crippen LogP contribution in [0.5, 0.6) is 5.75 Å². The van der Waals surface area contributed by atoms with E-state index in [1.54, 1.807) is 13.4 Å². The van der Waals surface area contributed by atoms with E-state index in [1.807, 2.05) is 60.4 Å². The Balaban J connectivity index is 1.56. The Morgan fingerprint density at radius 3 is 2.83 bits per heavy atom. The number of carbonyl (C=O) groups excluding carboxylic acids is 1. The van der Waals surface area contributed by atoms with Crippen LogP contribution in [0.2, 0.25) is 0 Å². The number of benzene rings is 2. The van der Waals surface area contributed by atoms with Crippen molar-refractivity contribution >= 4 is 16.9 Å². The summed E-state index contributed by atoms with van der Waals surface area (Å²) in [5.41, 5.74) is 4.78. The van der Waals surface area contributed by atoms with Crippen LogP contribution >= 0.6 is 0 Å². The molecule has 6 nitrogen and oxygen atoms in total. The summed E-state index contributed by atoms with van der Waals surface area (Å²) in [6.07, 6.45) is 2.42. The Kier molecular flexibility index (Phi) is 4.12. The molecule has 1 aliphatic heterocycles. The van der Waals surface area contributed by atoms with Crippen molar-refractivity contribution in [3.05, 3.63) is 83.1 Å². The smallest absolute Gasteiger partial charge is 0.290 e. The van der Waals surface area contributed by atoms with E-state index in [1.165, 1.54) is 0 Å². The van der Waals surface area contributed by atoms with E-state index in [-0.39, 0.29) is 11.9 Å². The second kappa shape index (κ2) is 6.81. The van der Waals surface area contributed by atoms with Crippen molar-refractivity contribution in [2.24, 2.45) is 0 Å². The van der Waals surface area contributed by atoms with Crippen molar-refractivity contribution in [3.63, 3.8) is 0 Å². The minimum atomic E-state index is -0.279. The second-order valence-electron chi connectivity index (χ2n) is 7.34. The summed E-state index contributed by atoms with van der Waals surface area (Å²) >= 11 is 0. The average molecular weight is 387 g/mol. The molecule has 2 aromatic heterocycles. The molecule has 0 saturated heterocycles. The topological polar surface area (TPSA) is 71.4 Å². The monoisotopic (exact) mass is 387 g/mol. The normalized spacial score (nSPS) is 16.1. The molecule has 146 valence electrons. The van der Waals surface area contributed by atoms with Crippen LogP contribution in [-0.4, -0.2) is 34.4 Å². The molecule has 1 aliphatic rings. The molecule has 0 bridgehead atoms. The molecule has 1 amide bonds. The first-order valence-electron chi connectivity index (χ1n) is 9.61. The highest BCUT2D eigenvalue weighted by Gasteiger charge is 2.35. The van der Waals surface area contributed by atoms with Gasteiger partial charge in [0.25, 0.3) is 5.91 Å². The van der Waals surface area contributed by atoms with E-state index in [0.29, 0.717) is 12.3 Å². The SMILES string of the molecule is COc1ccc([C@@H]2c3nc[nH]c3CCN2C(=O)c2cc3cc(C)ccc3o2)cc1. The molecule has 2 aromatic carbocycles. The predicted octanol–water partition coefficient (Wildman–Crippen LogP) is 4.26. The molecule has 1 N–H and O–H groups in total. The zero-order valence-electron chi connectivity index (χ0n) is 16.3. The number of carbonyl (C=O) groups is 1. The summed E-state index contributed by atoms with van der Waals surface area (Å²) in [6.45, 7) is 2.61. The van der Waals surface area contributed by atoms with Crippen LogP contribution in [0.3, 0.4) is 0 Å². The first-order chi connectivity index (χ1) is 14.1. The minimum Gasteiger partial charge on any atom is -0.497 e. The summed E-state index contributed by atoms with van der Waals surface area (Å²) in [7, 11) is 1.64. The summed E-state index contributed by atoms with van der Waals surface area (Å²) in [6, 6.07) is 15.2. The summed E-state index contributed by atoms with van der Waals surface area (Å²) in [5.74, 6) is 0.994. The number of hydrogen-bond donors (Lipinski definition) is 1. The fraction of sp³-hybridized carbons (Fsp3) is 0.217. The van der Waals surface area contributed by atoms with Gasteiger partial charge in [-0.3, -0.25) is 4.79 Å². The number of amides is 1. The van der Waals surface area contributed by atoms with Crippen LogP contribution < -0.4 is 4.74 Å². The van der Waals surface area contributed by atoms with Crippen molar-refractivity contribution in [1.82, 2.24) is 14.9 Å². The molecule has 4 aromatic rings. The maximum absolute atomic E-state index is 13.5. The first kappa shape index (κ1) is 17.6. The Morgan fingerprint density at radius 1 is 1.21 bits per heavy atom. The van der Waals surface area contributed by atoms with Crippen LogP contribution in [0.4, 0.5) is 0 Å². The van der Waals surface area contributed by atoms with Gasteiger partial charge in [-0.05, 0) is 42.8 Å². The Bertz CT molecular complexity index is 1190. The van der Waals surface area contributed by atoms with Crippen LogP contribution in [0.1, 0.15) is 39.1 Å². The van der Waals surface area contributed by atoms with E-state index in [2.05, 4.69) is 9.97 Å². The zero-order valence-corrected chi connectivity index (χ0v) is 16.3. The number of methoxy groups -OCH3 is 1. The molecule has 3 heterocycles. The average Bonchev–Trinajstić information content (AvgIpc) is 3.39. The first-order valence-corrected chi connectivity index (χ1v) is 9.61. The number of H-pyrrole nitrogens is 1. The number of aryl methyl sites for hydroxylation is 1. The molecule has 0 radical (unpaired) electrons. The number of furan rings is 1. The number of hydrogen-bond acceptors (Lipinski definition) is 4. The van der Waals surface area contributed by atoms with Gasteiger partial charge in [0.2, 0.25) is 0 Å². The van der Waals surface area contributed by atoms with Crippen LogP contribution in [0.25, 0.3) is 11.0 Å². The Labute approximate surface area is 168 Å². The zero-order chi connectivity index (χ0) is 20.0. The quantitative estimate of drug-likeness (QED) is 0.570. The number of aromatic nitrogens is 2. The summed E-state index contributed by atoms with van der Waals surface area (Å²) < 4.78 is 11.2. The highest BCUT2D eigenvalue weighted by molar-refractivity contribution is 5.96. The van der Waals surface area contributed by atoms with Gasteiger partial charge in [-0.1, -0.05) is 23.8 Å². The van der Waals surface area contributed by atoms with Gasteiger partial charge in [0, 0.05) is 24.0 Å². The van der Waals surface area contributed by atoms with Crippen molar-refractivity contribution in [2.45, 2.75) is 19.4 Å². The van der Waals surface area contributed by atoms with E-state index >= 15 is 0 Å². The number of imidazole rings is 1. The van der Waals surface area contributed by atoms with E-state index in [9.17, 15) is 4.79 Å². The van der Waals surface area contributed by atoms with Gasteiger partial charge in [0.1, 0.15) is 17.4 Å². The Hall–Kier alpha value is -3.54. The van der Waals surface area contributed by atoms with Crippen LogP contribution in [0.15, 0.2) is 59.3 Å². The van der Waals surface area contributed by atoms with Crippen LogP contribution in [0, 0.1) is 6.92 Å². The lowest BCUT2D eigenvalue weighted by Gasteiger charge is -2.34. The number of nitrogens with one attached hydrogen (secondary N) is 1. The van der Waals surface area contributed by atoms with Crippen molar-refractivity contribution < 1.29 is 13.9 Å². The van der Waals surface area contributed by atoms with E-state index in [0.717, 1.165) is 45.7 Å². The molecule has 29 heavy (non-hydrogen) atoms. The van der Waals surface area contributed by atoms with Crippen molar-refractivity contribution in [3.8, 4) is 5.75 Å². The van der Waals surface area contributed by atoms with E-state index in [4.69, 9.17) is 9.15 Å². The molecule has 0 saturated carbocycles. The molecule has 0 unspecified atom stereocenters. The highest BCUT2D eigenvalue weighted by atomic mass is 16.5. The highest BCUT2D eigenvalue weighted by Crippen LogP contribution is 2.35. The van der Waals surface area contributed by atoms with Gasteiger partial charge < -0.3 is 19.0 Å². The number of aromatic amines is 1. The third-order valence-corrected chi connectivity index (χ3v) is 5.50. The Morgan fingerprint density at radius 2 is 2.03 bits per heavy atom. The maximum Gasteiger partial charge on any atom is 0.290 e. The second-order valence-corrected chi connectivity index (χ2v) is 7.34. The van der Waals surface area contributed by atoms with Gasteiger partial charge in [0.05, 0.1) is 19.1 Å². The van der Waals surface area contributed by atoms with Crippen molar-refractivity contribution in [2.75, 3.05) is 13.7 Å². The number of nitrogens with zero attached hydrogens (tertiary/aromatic N) is 2. The lowest BCUT2D eigenvalue weighted by molar-refractivity contribution is 0.0660. The fourth-order valence-corrected chi connectivity index (χ4v) is 4.03. The summed E-state index contributed by atoms with van der Waals surface area (Å²) in [4.78, 5) is 23.0.